The second kappa shape index (κ2) is 8.64. The Hall–Kier alpha value is -2.60. The number of carbonyl (C=O) groups excluding carboxylic acids is 1. The maximum Gasteiger partial charge on any atom is 0.262 e. The number of thioether (sulfide) groups is 1. The SMILES string of the molecule is CC(C)Cn1c(S[C@H](C)C(=O)Nc2ccc3c(c2)CCC3)nc2ccccc2c1=O. The van der Waals surface area contributed by atoms with Gasteiger partial charge in [0.2, 0.25) is 5.91 Å². The molecule has 1 aliphatic rings. The van der Waals surface area contributed by atoms with Gasteiger partial charge in [-0.25, -0.2) is 4.98 Å². The molecule has 156 valence electrons. The predicted octanol–water partition coefficient (Wildman–Crippen LogP) is 4.66. The summed E-state index contributed by atoms with van der Waals surface area (Å²) in [4.78, 5) is 30.6. The number of para-hydroxylation sites is 1. The highest BCUT2D eigenvalue weighted by molar-refractivity contribution is 8.00. The first-order valence-corrected chi connectivity index (χ1v) is 11.4. The van der Waals surface area contributed by atoms with Crippen molar-refractivity contribution >= 4 is 34.3 Å². The number of amides is 1. The minimum Gasteiger partial charge on any atom is -0.325 e. The third-order valence-corrected chi connectivity index (χ3v) is 6.48. The number of anilines is 1. The summed E-state index contributed by atoms with van der Waals surface area (Å²) >= 11 is 1.33. The summed E-state index contributed by atoms with van der Waals surface area (Å²) in [6.45, 7) is 6.56. The number of aromatic nitrogens is 2. The fourth-order valence-electron chi connectivity index (χ4n) is 3.87. The Morgan fingerprint density at radius 1 is 1.13 bits per heavy atom. The lowest BCUT2D eigenvalue weighted by Crippen LogP contribution is -2.28. The molecule has 0 saturated carbocycles. The molecule has 1 aromatic heterocycles. The lowest BCUT2D eigenvalue weighted by molar-refractivity contribution is -0.115. The van der Waals surface area contributed by atoms with E-state index in [0.29, 0.717) is 28.5 Å². The maximum absolute atomic E-state index is 13.0. The molecule has 1 amide bonds. The maximum atomic E-state index is 13.0. The Kier molecular flexibility index (Phi) is 5.95. The molecule has 0 aliphatic heterocycles. The molecule has 1 aliphatic carbocycles. The van der Waals surface area contributed by atoms with Crippen LogP contribution in [0.3, 0.4) is 0 Å². The number of fused-ring (bicyclic) bond motifs is 2. The highest BCUT2D eigenvalue weighted by Gasteiger charge is 2.21. The van der Waals surface area contributed by atoms with Crippen LogP contribution < -0.4 is 10.9 Å². The second-order valence-corrected chi connectivity index (χ2v) is 9.62. The number of carbonyl (C=O) groups is 1. The molecule has 0 saturated heterocycles. The summed E-state index contributed by atoms with van der Waals surface area (Å²) in [6.07, 6.45) is 3.38. The molecule has 1 atom stereocenters. The van der Waals surface area contributed by atoms with Crippen LogP contribution in [0, 0.1) is 5.92 Å². The van der Waals surface area contributed by atoms with Gasteiger partial charge >= 0.3 is 0 Å². The molecule has 1 N–H and O–H groups in total. The molecule has 0 spiro atoms. The molecule has 0 bridgehead atoms. The topological polar surface area (TPSA) is 64.0 Å². The van der Waals surface area contributed by atoms with Crippen molar-refractivity contribution in [3.63, 3.8) is 0 Å². The number of nitrogens with one attached hydrogen (secondary N) is 1. The van der Waals surface area contributed by atoms with Gasteiger partial charge in [-0.15, -0.1) is 0 Å². The molecule has 4 rings (SSSR count). The summed E-state index contributed by atoms with van der Waals surface area (Å²) < 4.78 is 1.71. The smallest absolute Gasteiger partial charge is 0.262 e. The van der Waals surface area contributed by atoms with E-state index in [4.69, 9.17) is 4.98 Å². The summed E-state index contributed by atoms with van der Waals surface area (Å²) in [6, 6.07) is 13.5. The van der Waals surface area contributed by atoms with Crippen LogP contribution >= 0.6 is 11.8 Å². The molecule has 0 radical (unpaired) electrons. The van der Waals surface area contributed by atoms with Gasteiger partial charge in [-0.1, -0.05) is 43.8 Å². The summed E-state index contributed by atoms with van der Waals surface area (Å²) in [5.41, 5.74) is 4.15. The van der Waals surface area contributed by atoms with Crippen molar-refractivity contribution in [1.29, 1.82) is 0 Å². The number of hydrogen-bond donors (Lipinski definition) is 1. The van der Waals surface area contributed by atoms with E-state index in [2.05, 4.69) is 31.3 Å². The highest BCUT2D eigenvalue weighted by Crippen LogP contribution is 2.27. The fraction of sp³-hybridized carbons (Fsp3) is 0.375. The molecule has 0 unspecified atom stereocenters. The van der Waals surface area contributed by atoms with E-state index < -0.39 is 0 Å². The third kappa shape index (κ3) is 4.29. The van der Waals surface area contributed by atoms with Crippen LogP contribution in [0.2, 0.25) is 0 Å². The first kappa shape index (κ1) is 20.7. The van der Waals surface area contributed by atoms with Crippen LogP contribution in [0.25, 0.3) is 10.9 Å². The largest absolute Gasteiger partial charge is 0.325 e. The molecule has 3 aromatic rings. The van der Waals surface area contributed by atoms with Crippen LogP contribution in [0.5, 0.6) is 0 Å². The zero-order chi connectivity index (χ0) is 21.3. The van der Waals surface area contributed by atoms with E-state index in [-0.39, 0.29) is 16.7 Å². The average molecular weight is 422 g/mol. The molecule has 1 heterocycles. The van der Waals surface area contributed by atoms with Crippen molar-refractivity contribution in [2.75, 3.05) is 5.32 Å². The minimum atomic E-state index is -0.385. The quantitative estimate of drug-likeness (QED) is 0.464. The number of rotatable bonds is 6. The van der Waals surface area contributed by atoms with Crippen LogP contribution in [-0.4, -0.2) is 20.7 Å². The number of hydrogen-bond acceptors (Lipinski definition) is 4. The Morgan fingerprint density at radius 2 is 1.90 bits per heavy atom. The Bertz CT molecular complexity index is 1150. The van der Waals surface area contributed by atoms with Crippen molar-refractivity contribution in [2.45, 2.75) is 57.0 Å². The van der Waals surface area contributed by atoms with Crippen LogP contribution in [0.4, 0.5) is 5.69 Å². The molecule has 6 heteroatoms. The normalized spacial score (nSPS) is 14.1. The number of aryl methyl sites for hydroxylation is 2. The Balaban J connectivity index is 1.57. The van der Waals surface area contributed by atoms with E-state index in [1.807, 2.05) is 31.2 Å². The first-order chi connectivity index (χ1) is 14.4. The summed E-state index contributed by atoms with van der Waals surface area (Å²) in [5, 5.41) is 3.84. The lowest BCUT2D eigenvalue weighted by atomic mass is 10.1. The molecule has 5 nitrogen and oxygen atoms in total. The minimum absolute atomic E-state index is 0.0527. The molecule has 0 fully saturated rings. The second-order valence-electron chi connectivity index (χ2n) is 8.31. The Labute approximate surface area is 180 Å². The molecule has 30 heavy (non-hydrogen) atoms. The van der Waals surface area contributed by atoms with Crippen molar-refractivity contribution in [1.82, 2.24) is 9.55 Å². The van der Waals surface area contributed by atoms with Gasteiger partial charge in [0.15, 0.2) is 5.16 Å². The Morgan fingerprint density at radius 3 is 2.70 bits per heavy atom. The van der Waals surface area contributed by atoms with Gasteiger partial charge < -0.3 is 5.32 Å². The standard InChI is InChI=1S/C24H27N3O2S/c1-15(2)14-27-23(29)20-9-4-5-10-21(20)26-24(27)30-16(3)22(28)25-19-12-11-17-7-6-8-18(17)13-19/h4-5,9-13,15-16H,6-8,14H2,1-3H3,(H,25,28)/t16-/m1/s1. The highest BCUT2D eigenvalue weighted by atomic mass is 32.2. The van der Waals surface area contributed by atoms with E-state index in [9.17, 15) is 9.59 Å². The predicted molar refractivity (Wildman–Crippen MR) is 123 cm³/mol. The van der Waals surface area contributed by atoms with Gasteiger partial charge in [0.25, 0.3) is 5.56 Å². The van der Waals surface area contributed by atoms with Gasteiger partial charge in [-0.3, -0.25) is 14.2 Å². The van der Waals surface area contributed by atoms with E-state index in [0.717, 1.165) is 18.5 Å². The summed E-state index contributed by atoms with van der Waals surface area (Å²) in [7, 11) is 0. The van der Waals surface area contributed by atoms with Crippen LogP contribution in [-0.2, 0) is 24.2 Å². The molecule has 2 aromatic carbocycles. The van der Waals surface area contributed by atoms with E-state index in [1.165, 1.54) is 29.3 Å². The third-order valence-electron chi connectivity index (χ3n) is 5.39. The zero-order valence-electron chi connectivity index (χ0n) is 17.6. The van der Waals surface area contributed by atoms with Crippen molar-refractivity contribution in [3.05, 3.63) is 63.9 Å². The van der Waals surface area contributed by atoms with E-state index >= 15 is 0 Å². The fourth-order valence-corrected chi connectivity index (χ4v) is 4.79. The van der Waals surface area contributed by atoms with Crippen molar-refractivity contribution in [2.24, 2.45) is 5.92 Å². The van der Waals surface area contributed by atoms with Crippen molar-refractivity contribution in [3.8, 4) is 0 Å². The van der Waals surface area contributed by atoms with Gasteiger partial charge in [0.1, 0.15) is 0 Å². The van der Waals surface area contributed by atoms with E-state index in [1.54, 1.807) is 10.6 Å². The molecular formula is C24H27N3O2S. The average Bonchev–Trinajstić information content (AvgIpc) is 3.18. The lowest BCUT2D eigenvalue weighted by Gasteiger charge is -2.17. The summed E-state index contributed by atoms with van der Waals surface area (Å²) in [5.74, 6) is 0.206. The first-order valence-electron chi connectivity index (χ1n) is 10.5. The number of nitrogens with zero attached hydrogens (tertiary/aromatic N) is 2. The number of benzene rings is 2. The zero-order valence-corrected chi connectivity index (χ0v) is 18.5. The van der Waals surface area contributed by atoms with Crippen LogP contribution in [0.1, 0.15) is 38.3 Å². The monoisotopic (exact) mass is 421 g/mol. The molecular weight excluding hydrogens is 394 g/mol. The van der Waals surface area contributed by atoms with Gasteiger partial charge in [0.05, 0.1) is 16.2 Å². The van der Waals surface area contributed by atoms with Crippen molar-refractivity contribution < 1.29 is 4.79 Å². The van der Waals surface area contributed by atoms with Gasteiger partial charge in [0, 0.05) is 12.2 Å². The van der Waals surface area contributed by atoms with Crippen LogP contribution in [0.15, 0.2) is 52.4 Å². The van der Waals surface area contributed by atoms with Gasteiger partial charge in [-0.05, 0) is 67.5 Å². The van der Waals surface area contributed by atoms with Gasteiger partial charge in [-0.2, -0.15) is 0 Å².